The van der Waals surface area contributed by atoms with Crippen LogP contribution in [0.15, 0.2) is 24.4 Å². The minimum absolute atomic E-state index is 0.587. The van der Waals surface area contributed by atoms with Gasteiger partial charge in [0, 0.05) is 36.9 Å². The van der Waals surface area contributed by atoms with Gasteiger partial charge < -0.3 is 10.6 Å². The summed E-state index contributed by atoms with van der Waals surface area (Å²) in [5.41, 5.74) is 1.17. The van der Waals surface area contributed by atoms with E-state index in [0.717, 1.165) is 19.0 Å². The Hall–Kier alpha value is -0.930. The zero-order valence-corrected chi connectivity index (χ0v) is 11.4. The molecule has 3 nitrogen and oxygen atoms in total. The van der Waals surface area contributed by atoms with Crippen LogP contribution in [0.25, 0.3) is 0 Å². The van der Waals surface area contributed by atoms with E-state index in [1.165, 1.54) is 37.9 Å². The number of aromatic nitrogens is 1. The molecule has 0 aromatic carbocycles. The molecule has 0 aliphatic carbocycles. The van der Waals surface area contributed by atoms with Crippen LogP contribution in [0.1, 0.15) is 38.3 Å². The summed E-state index contributed by atoms with van der Waals surface area (Å²) < 4.78 is 0. The maximum atomic E-state index is 4.34. The molecule has 1 fully saturated rings. The lowest BCUT2D eigenvalue weighted by molar-refractivity contribution is 0.346. The van der Waals surface area contributed by atoms with Crippen molar-refractivity contribution in [1.29, 1.82) is 0 Å². The Morgan fingerprint density at radius 2 is 2.39 bits per heavy atom. The first-order valence-corrected chi connectivity index (χ1v) is 7.21. The molecule has 2 atom stereocenters. The van der Waals surface area contributed by atoms with Gasteiger partial charge in [-0.1, -0.05) is 12.5 Å². The Morgan fingerprint density at radius 3 is 3.11 bits per heavy atom. The van der Waals surface area contributed by atoms with E-state index < -0.39 is 0 Å². The molecule has 3 heteroatoms. The van der Waals surface area contributed by atoms with Crippen LogP contribution in [0, 0.1) is 0 Å². The second-order valence-electron chi connectivity index (χ2n) is 5.31. The maximum absolute atomic E-state index is 4.34. The summed E-state index contributed by atoms with van der Waals surface area (Å²) in [6.45, 7) is 4.50. The van der Waals surface area contributed by atoms with Crippen molar-refractivity contribution < 1.29 is 0 Å². The van der Waals surface area contributed by atoms with Crippen molar-refractivity contribution in [2.24, 2.45) is 0 Å². The van der Waals surface area contributed by atoms with Crippen molar-refractivity contribution in [2.45, 2.75) is 51.1 Å². The van der Waals surface area contributed by atoms with Crippen LogP contribution in [0.4, 0.5) is 0 Å². The highest BCUT2D eigenvalue weighted by molar-refractivity contribution is 5.03. The van der Waals surface area contributed by atoms with Crippen molar-refractivity contribution >= 4 is 0 Å². The van der Waals surface area contributed by atoms with Gasteiger partial charge in [0.2, 0.25) is 0 Å². The van der Waals surface area contributed by atoms with Crippen LogP contribution in [0.5, 0.6) is 0 Å². The lowest BCUT2D eigenvalue weighted by Gasteiger charge is -2.26. The third kappa shape index (κ3) is 4.75. The Bertz CT molecular complexity index is 320. The number of hydrogen-bond donors (Lipinski definition) is 2. The van der Waals surface area contributed by atoms with E-state index in [-0.39, 0.29) is 0 Å². The fourth-order valence-electron chi connectivity index (χ4n) is 2.63. The van der Waals surface area contributed by atoms with Crippen molar-refractivity contribution in [2.75, 3.05) is 13.1 Å². The van der Waals surface area contributed by atoms with Crippen LogP contribution in [0.3, 0.4) is 0 Å². The van der Waals surface area contributed by atoms with Gasteiger partial charge in [-0.25, -0.2) is 0 Å². The average Bonchev–Trinajstić information content (AvgIpc) is 2.41. The molecule has 2 unspecified atom stereocenters. The van der Waals surface area contributed by atoms with Crippen LogP contribution in [-0.4, -0.2) is 30.2 Å². The molecule has 1 aromatic heterocycles. The fraction of sp³-hybridized carbons (Fsp3) is 0.667. The largest absolute Gasteiger partial charge is 0.314 e. The second kappa shape index (κ2) is 7.49. The number of pyridine rings is 1. The molecule has 2 heterocycles. The van der Waals surface area contributed by atoms with Gasteiger partial charge in [-0.2, -0.15) is 0 Å². The van der Waals surface area contributed by atoms with E-state index >= 15 is 0 Å². The number of rotatable bonds is 6. The summed E-state index contributed by atoms with van der Waals surface area (Å²) in [6, 6.07) is 7.42. The van der Waals surface area contributed by atoms with Gasteiger partial charge >= 0.3 is 0 Å². The molecule has 0 spiro atoms. The third-order valence-electron chi connectivity index (χ3n) is 3.65. The molecule has 18 heavy (non-hydrogen) atoms. The van der Waals surface area contributed by atoms with Gasteiger partial charge in [-0.15, -0.1) is 0 Å². The van der Waals surface area contributed by atoms with E-state index in [4.69, 9.17) is 0 Å². The Kier molecular flexibility index (Phi) is 5.62. The van der Waals surface area contributed by atoms with Crippen LogP contribution in [-0.2, 0) is 6.42 Å². The normalized spacial score (nSPS) is 21.7. The highest BCUT2D eigenvalue weighted by atomic mass is 15.0. The molecule has 2 N–H and O–H groups in total. The zero-order chi connectivity index (χ0) is 12.6. The fourth-order valence-corrected chi connectivity index (χ4v) is 2.63. The Morgan fingerprint density at radius 1 is 1.44 bits per heavy atom. The SMILES string of the molecule is CC(CC1CCCCN1)NCCc1ccccn1. The standard InChI is InChI=1S/C15H25N3/c1-13(12-15-7-3-5-10-18-15)16-11-8-14-6-2-4-9-17-14/h2,4,6,9,13,15-16,18H,3,5,7-8,10-12H2,1H3. The van der Waals surface area contributed by atoms with E-state index in [1.807, 2.05) is 12.3 Å². The summed E-state index contributed by atoms with van der Waals surface area (Å²) in [6.07, 6.45) is 8.19. The molecule has 1 aliphatic heterocycles. The quantitative estimate of drug-likeness (QED) is 0.808. The zero-order valence-electron chi connectivity index (χ0n) is 11.4. The predicted octanol–water partition coefficient (Wildman–Crippen LogP) is 2.13. The molecule has 2 rings (SSSR count). The topological polar surface area (TPSA) is 37.0 Å². The van der Waals surface area contributed by atoms with Gasteiger partial charge in [0.05, 0.1) is 0 Å². The minimum atomic E-state index is 0.587. The van der Waals surface area contributed by atoms with Crippen LogP contribution >= 0.6 is 0 Å². The van der Waals surface area contributed by atoms with E-state index in [1.54, 1.807) is 0 Å². The van der Waals surface area contributed by atoms with Gasteiger partial charge in [0.1, 0.15) is 0 Å². The van der Waals surface area contributed by atoms with E-state index in [0.29, 0.717) is 6.04 Å². The molecule has 1 aliphatic rings. The summed E-state index contributed by atoms with van der Waals surface area (Å²) in [7, 11) is 0. The van der Waals surface area contributed by atoms with Gasteiger partial charge in [-0.3, -0.25) is 4.98 Å². The van der Waals surface area contributed by atoms with Gasteiger partial charge in [0.25, 0.3) is 0 Å². The average molecular weight is 247 g/mol. The first-order chi connectivity index (χ1) is 8.84. The lowest BCUT2D eigenvalue weighted by atomic mass is 9.99. The molecular weight excluding hydrogens is 222 g/mol. The molecule has 100 valence electrons. The molecular formula is C15H25N3. The van der Waals surface area contributed by atoms with E-state index in [2.05, 4.69) is 34.7 Å². The first-order valence-electron chi connectivity index (χ1n) is 7.21. The summed E-state index contributed by atoms with van der Waals surface area (Å²) in [4.78, 5) is 4.34. The van der Waals surface area contributed by atoms with Crippen molar-refractivity contribution in [3.63, 3.8) is 0 Å². The van der Waals surface area contributed by atoms with E-state index in [9.17, 15) is 0 Å². The highest BCUT2D eigenvalue weighted by Crippen LogP contribution is 2.11. The smallest absolute Gasteiger partial charge is 0.0416 e. The molecule has 1 saturated heterocycles. The van der Waals surface area contributed by atoms with Gasteiger partial charge in [-0.05, 0) is 44.9 Å². The van der Waals surface area contributed by atoms with Crippen LogP contribution < -0.4 is 10.6 Å². The number of nitrogens with zero attached hydrogens (tertiary/aromatic N) is 1. The molecule has 0 radical (unpaired) electrons. The summed E-state index contributed by atoms with van der Waals surface area (Å²) in [5, 5.41) is 7.20. The monoisotopic (exact) mass is 247 g/mol. The predicted molar refractivity (Wildman–Crippen MR) is 75.7 cm³/mol. The van der Waals surface area contributed by atoms with Crippen molar-refractivity contribution in [1.82, 2.24) is 15.6 Å². The number of piperidine rings is 1. The van der Waals surface area contributed by atoms with Crippen molar-refractivity contribution in [3.05, 3.63) is 30.1 Å². The lowest BCUT2D eigenvalue weighted by Crippen LogP contribution is -2.40. The first kappa shape index (κ1) is 13.5. The Labute approximate surface area is 110 Å². The second-order valence-corrected chi connectivity index (χ2v) is 5.31. The Balaban J connectivity index is 1.61. The van der Waals surface area contributed by atoms with Crippen molar-refractivity contribution in [3.8, 4) is 0 Å². The number of hydrogen-bond acceptors (Lipinski definition) is 3. The molecule has 0 bridgehead atoms. The number of nitrogens with one attached hydrogen (secondary N) is 2. The minimum Gasteiger partial charge on any atom is -0.314 e. The summed E-state index contributed by atoms with van der Waals surface area (Å²) in [5.74, 6) is 0. The third-order valence-corrected chi connectivity index (χ3v) is 3.65. The maximum Gasteiger partial charge on any atom is 0.0416 e. The van der Waals surface area contributed by atoms with Gasteiger partial charge in [0.15, 0.2) is 0 Å². The summed E-state index contributed by atoms with van der Waals surface area (Å²) >= 11 is 0. The molecule has 0 amide bonds. The van der Waals surface area contributed by atoms with Crippen LogP contribution in [0.2, 0.25) is 0 Å². The molecule has 0 saturated carbocycles. The highest BCUT2D eigenvalue weighted by Gasteiger charge is 2.15. The molecule has 1 aromatic rings.